The van der Waals surface area contributed by atoms with Crippen LogP contribution in [0.15, 0.2) is 16.9 Å². The second-order valence-corrected chi connectivity index (χ2v) is 5.42. The maximum Gasteiger partial charge on any atom is 0.252 e. The lowest BCUT2D eigenvalue weighted by Crippen LogP contribution is -2.24. The molecule has 0 fully saturated rings. The SMILES string of the molecule is CCN(CC)CCCCNc1nnc2ccc(=O)n(CC)c2n1. The van der Waals surface area contributed by atoms with E-state index in [-0.39, 0.29) is 5.56 Å². The first-order valence-electron chi connectivity index (χ1n) is 8.40. The Balaban J connectivity index is 1.95. The van der Waals surface area contributed by atoms with Crippen molar-refractivity contribution in [1.82, 2.24) is 24.6 Å². The molecule has 0 aliphatic heterocycles. The molecule has 2 rings (SSSR count). The van der Waals surface area contributed by atoms with Crippen LogP contribution >= 0.6 is 0 Å². The van der Waals surface area contributed by atoms with Gasteiger partial charge in [0.25, 0.3) is 5.56 Å². The standard InChI is InChI=1S/C16H26N6O/c1-4-21(5-2)12-8-7-11-17-16-18-15-13(19-20-16)9-10-14(23)22(15)6-3/h9-10H,4-8,11-12H2,1-3H3,(H,17,18,20). The van der Waals surface area contributed by atoms with Crippen LogP contribution in [0.25, 0.3) is 11.2 Å². The maximum absolute atomic E-state index is 11.8. The molecule has 1 N–H and O–H groups in total. The van der Waals surface area contributed by atoms with Crippen LogP contribution in [0.2, 0.25) is 0 Å². The van der Waals surface area contributed by atoms with Crippen LogP contribution in [0.1, 0.15) is 33.6 Å². The number of anilines is 1. The molecule has 0 saturated heterocycles. The number of pyridine rings is 1. The zero-order valence-electron chi connectivity index (χ0n) is 14.2. The van der Waals surface area contributed by atoms with Gasteiger partial charge in [0.2, 0.25) is 5.95 Å². The van der Waals surface area contributed by atoms with Gasteiger partial charge in [0.15, 0.2) is 5.65 Å². The van der Waals surface area contributed by atoms with Crippen LogP contribution in [-0.4, -0.2) is 50.8 Å². The number of rotatable bonds is 9. The highest BCUT2D eigenvalue weighted by molar-refractivity contribution is 5.70. The lowest BCUT2D eigenvalue weighted by Gasteiger charge is -2.17. The van der Waals surface area contributed by atoms with Crippen LogP contribution in [0.4, 0.5) is 5.95 Å². The lowest BCUT2D eigenvalue weighted by molar-refractivity contribution is 0.298. The maximum atomic E-state index is 11.8. The van der Waals surface area contributed by atoms with E-state index in [1.165, 1.54) is 6.07 Å². The van der Waals surface area contributed by atoms with Crippen LogP contribution in [0.5, 0.6) is 0 Å². The minimum Gasteiger partial charge on any atom is -0.353 e. The molecule has 2 aromatic rings. The van der Waals surface area contributed by atoms with E-state index in [9.17, 15) is 4.79 Å². The molecule has 0 spiro atoms. The molecule has 0 aromatic carbocycles. The van der Waals surface area contributed by atoms with Gasteiger partial charge in [-0.3, -0.25) is 9.36 Å². The van der Waals surface area contributed by atoms with Crippen molar-refractivity contribution in [2.24, 2.45) is 0 Å². The Morgan fingerprint density at radius 1 is 1.13 bits per heavy atom. The van der Waals surface area contributed by atoms with Crippen LogP contribution in [0, 0.1) is 0 Å². The Bertz CT molecular complexity index is 680. The number of hydrogen-bond donors (Lipinski definition) is 1. The summed E-state index contributed by atoms with van der Waals surface area (Å²) in [5, 5.41) is 11.4. The van der Waals surface area contributed by atoms with Crippen LogP contribution < -0.4 is 10.9 Å². The zero-order valence-corrected chi connectivity index (χ0v) is 14.2. The molecule has 0 aliphatic rings. The molecular weight excluding hydrogens is 292 g/mol. The quantitative estimate of drug-likeness (QED) is 0.710. The molecule has 0 radical (unpaired) electrons. The van der Waals surface area contributed by atoms with Crippen molar-refractivity contribution in [1.29, 1.82) is 0 Å². The number of unbranched alkanes of at least 4 members (excludes halogenated alkanes) is 1. The monoisotopic (exact) mass is 318 g/mol. The predicted octanol–water partition coefficient (Wildman–Crippen LogP) is 1.74. The third-order valence-corrected chi connectivity index (χ3v) is 3.99. The summed E-state index contributed by atoms with van der Waals surface area (Å²) in [4.78, 5) is 18.7. The van der Waals surface area contributed by atoms with E-state index < -0.39 is 0 Å². The number of hydrogen-bond acceptors (Lipinski definition) is 6. The van der Waals surface area contributed by atoms with Crippen LogP contribution in [-0.2, 0) is 6.54 Å². The van der Waals surface area contributed by atoms with Crippen molar-refractivity contribution < 1.29 is 0 Å². The van der Waals surface area contributed by atoms with E-state index in [0.717, 1.165) is 39.0 Å². The van der Waals surface area contributed by atoms with Gasteiger partial charge in [0.05, 0.1) is 0 Å². The van der Waals surface area contributed by atoms with E-state index in [0.29, 0.717) is 23.7 Å². The van der Waals surface area contributed by atoms with E-state index >= 15 is 0 Å². The Hall–Kier alpha value is -2.02. The molecule has 0 bridgehead atoms. The van der Waals surface area contributed by atoms with Crippen molar-refractivity contribution in [3.05, 3.63) is 22.5 Å². The summed E-state index contributed by atoms with van der Waals surface area (Å²) in [6, 6.07) is 3.17. The van der Waals surface area contributed by atoms with Crippen molar-refractivity contribution in [3.8, 4) is 0 Å². The summed E-state index contributed by atoms with van der Waals surface area (Å²) in [5.74, 6) is 0.480. The van der Waals surface area contributed by atoms with Gasteiger partial charge in [-0.2, -0.15) is 4.98 Å². The van der Waals surface area contributed by atoms with Gasteiger partial charge in [-0.25, -0.2) is 0 Å². The Labute approximate surface area is 136 Å². The molecule has 0 amide bonds. The number of aryl methyl sites for hydroxylation is 1. The molecule has 126 valence electrons. The van der Waals surface area contributed by atoms with E-state index in [2.05, 4.69) is 39.2 Å². The Morgan fingerprint density at radius 2 is 1.91 bits per heavy atom. The summed E-state index contributed by atoms with van der Waals surface area (Å²) >= 11 is 0. The fourth-order valence-electron chi connectivity index (χ4n) is 2.56. The van der Waals surface area contributed by atoms with Crippen molar-refractivity contribution >= 4 is 17.1 Å². The second kappa shape index (κ2) is 8.57. The fraction of sp³-hybridized carbons (Fsp3) is 0.625. The van der Waals surface area contributed by atoms with Gasteiger partial charge < -0.3 is 10.2 Å². The van der Waals surface area contributed by atoms with Gasteiger partial charge in [-0.1, -0.05) is 13.8 Å². The van der Waals surface area contributed by atoms with Gasteiger partial charge in [-0.05, 0) is 45.5 Å². The number of aromatic nitrogens is 4. The highest BCUT2D eigenvalue weighted by Gasteiger charge is 2.06. The highest BCUT2D eigenvalue weighted by Crippen LogP contribution is 2.08. The van der Waals surface area contributed by atoms with Gasteiger partial charge in [0, 0.05) is 19.2 Å². The van der Waals surface area contributed by atoms with Crippen LogP contribution in [0.3, 0.4) is 0 Å². The van der Waals surface area contributed by atoms with Crippen molar-refractivity contribution in [2.75, 3.05) is 31.5 Å². The molecule has 0 atom stereocenters. The minimum atomic E-state index is -0.0642. The first-order chi connectivity index (χ1) is 11.2. The average molecular weight is 318 g/mol. The fourth-order valence-corrected chi connectivity index (χ4v) is 2.56. The summed E-state index contributed by atoms with van der Waals surface area (Å²) in [6.07, 6.45) is 2.18. The highest BCUT2D eigenvalue weighted by atomic mass is 16.1. The molecule has 7 nitrogen and oxygen atoms in total. The van der Waals surface area contributed by atoms with Gasteiger partial charge in [0.1, 0.15) is 5.52 Å². The summed E-state index contributed by atoms with van der Waals surface area (Å²) in [6.45, 7) is 11.0. The Morgan fingerprint density at radius 3 is 2.61 bits per heavy atom. The third-order valence-electron chi connectivity index (χ3n) is 3.99. The number of fused-ring (bicyclic) bond motifs is 1. The lowest BCUT2D eigenvalue weighted by atomic mass is 10.3. The smallest absolute Gasteiger partial charge is 0.252 e. The van der Waals surface area contributed by atoms with E-state index in [1.54, 1.807) is 10.6 Å². The average Bonchev–Trinajstić information content (AvgIpc) is 2.58. The summed E-state index contributed by atoms with van der Waals surface area (Å²) in [5.41, 5.74) is 1.16. The molecule has 23 heavy (non-hydrogen) atoms. The first kappa shape index (κ1) is 17.3. The minimum absolute atomic E-state index is 0.0642. The van der Waals surface area contributed by atoms with Crippen molar-refractivity contribution in [3.63, 3.8) is 0 Å². The summed E-state index contributed by atoms with van der Waals surface area (Å²) < 4.78 is 1.61. The number of nitrogens with one attached hydrogen (secondary N) is 1. The molecule has 0 unspecified atom stereocenters. The van der Waals surface area contributed by atoms with E-state index in [1.807, 2.05) is 6.92 Å². The topological polar surface area (TPSA) is 75.9 Å². The molecule has 0 aliphatic carbocycles. The number of nitrogens with zero attached hydrogens (tertiary/aromatic N) is 5. The molecule has 2 aromatic heterocycles. The first-order valence-corrected chi connectivity index (χ1v) is 8.40. The largest absolute Gasteiger partial charge is 0.353 e. The van der Waals surface area contributed by atoms with Gasteiger partial charge in [-0.15, -0.1) is 10.2 Å². The third kappa shape index (κ3) is 4.48. The van der Waals surface area contributed by atoms with Gasteiger partial charge >= 0.3 is 0 Å². The van der Waals surface area contributed by atoms with E-state index in [4.69, 9.17) is 0 Å². The Kier molecular flexibility index (Phi) is 6.46. The molecular formula is C16H26N6O. The summed E-state index contributed by atoms with van der Waals surface area (Å²) in [7, 11) is 0. The second-order valence-electron chi connectivity index (χ2n) is 5.42. The van der Waals surface area contributed by atoms with Crippen molar-refractivity contribution in [2.45, 2.75) is 40.2 Å². The molecule has 2 heterocycles. The molecule has 7 heteroatoms. The predicted molar refractivity (Wildman–Crippen MR) is 92.8 cm³/mol. The molecule has 0 saturated carbocycles. The normalized spacial score (nSPS) is 11.3. The zero-order chi connectivity index (χ0) is 16.7.